The predicted molar refractivity (Wildman–Crippen MR) is 72.9 cm³/mol. The second-order valence-electron chi connectivity index (χ2n) is 3.76. The molecule has 0 bridgehead atoms. The minimum absolute atomic E-state index is 0.709. The van der Waals surface area contributed by atoms with Gasteiger partial charge >= 0.3 is 0 Å². The first-order valence-electron chi connectivity index (χ1n) is 5.38. The van der Waals surface area contributed by atoms with Crippen LogP contribution in [0.15, 0.2) is 41.9 Å². The molecular formula is C12H11N5S. The summed E-state index contributed by atoms with van der Waals surface area (Å²) in [5.74, 6) is 0.807. The van der Waals surface area contributed by atoms with Crippen LogP contribution < -0.4 is 5.73 Å². The highest BCUT2D eigenvalue weighted by molar-refractivity contribution is 7.98. The molecule has 0 aliphatic heterocycles. The predicted octanol–water partition coefficient (Wildman–Crippen LogP) is 2.12. The van der Waals surface area contributed by atoms with E-state index in [-0.39, 0.29) is 0 Å². The maximum absolute atomic E-state index is 5.74. The van der Waals surface area contributed by atoms with E-state index in [0.717, 1.165) is 22.0 Å². The van der Waals surface area contributed by atoms with Crippen molar-refractivity contribution >= 4 is 28.5 Å². The molecule has 0 unspecified atom stereocenters. The van der Waals surface area contributed by atoms with Gasteiger partial charge in [0.2, 0.25) is 0 Å². The number of aromatic nitrogens is 4. The van der Waals surface area contributed by atoms with Crippen LogP contribution in [0.25, 0.3) is 16.9 Å². The Balaban J connectivity index is 2.19. The number of nitrogens with zero attached hydrogens (tertiary/aromatic N) is 4. The minimum Gasteiger partial charge on any atom is -0.399 e. The highest BCUT2D eigenvalue weighted by atomic mass is 32.2. The highest BCUT2D eigenvalue weighted by Gasteiger charge is 2.06. The maximum Gasteiger partial charge on any atom is 0.189 e. The van der Waals surface area contributed by atoms with Gasteiger partial charge in [-0.15, -0.1) is 0 Å². The molecule has 0 radical (unpaired) electrons. The SMILES string of the molecule is CSc1nccc(-n2cnc3cc(N)ccc32)n1. The number of nitrogen functional groups attached to an aromatic ring is 1. The molecular weight excluding hydrogens is 246 g/mol. The van der Waals surface area contributed by atoms with Crippen molar-refractivity contribution < 1.29 is 0 Å². The van der Waals surface area contributed by atoms with Crippen LogP contribution in [-0.2, 0) is 0 Å². The van der Waals surface area contributed by atoms with Crippen molar-refractivity contribution in [2.24, 2.45) is 0 Å². The van der Waals surface area contributed by atoms with E-state index in [1.807, 2.05) is 35.1 Å². The van der Waals surface area contributed by atoms with Crippen LogP contribution in [0.4, 0.5) is 5.69 Å². The molecule has 18 heavy (non-hydrogen) atoms. The fourth-order valence-corrected chi connectivity index (χ4v) is 2.13. The average molecular weight is 257 g/mol. The summed E-state index contributed by atoms with van der Waals surface area (Å²) < 4.78 is 1.93. The third-order valence-corrected chi connectivity index (χ3v) is 3.18. The number of thioether (sulfide) groups is 1. The van der Waals surface area contributed by atoms with E-state index in [4.69, 9.17) is 5.73 Å². The largest absolute Gasteiger partial charge is 0.399 e. The molecule has 6 heteroatoms. The molecule has 3 rings (SSSR count). The molecule has 0 atom stereocenters. The Morgan fingerprint density at radius 3 is 2.94 bits per heavy atom. The molecule has 90 valence electrons. The number of nitrogens with two attached hydrogens (primary N) is 1. The third kappa shape index (κ3) is 1.80. The van der Waals surface area contributed by atoms with Gasteiger partial charge in [-0.1, -0.05) is 11.8 Å². The van der Waals surface area contributed by atoms with Crippen molar-refractivity contribution in [3.63, 3.8) is 0 Å². The first kappa shape index (κ1) is 11.0. The lowest BCUT2D eigenvalue weighted by atomic mass is 10.3. The molecule has 3 aromatic rings. The standard InChI is InChI=1S/C12H11N5S/c1-18-12-14-5-4-11(16-12)17-7-15-9-6-8(13)2-3-10(9)17/h2-7H,13H2,1H3. The highest BCUT2D eigenvalue weighted by Crippen LogP contribution is 2.20. The first-order chi connectivity index (χ1) is 8.78. The monoisotopic (exact) mass is 257 g/mol. The molecule has 2 aromatic heterocycles. The Morgan fingerprint density at radius 1 is 1.22 bits per heavy atom. The fraction of sp³-hybridized carbons (Fsp3) is 0.0833. The lowest BCUT2D eigenvalue weighted by molar-refractivity contribution is 0.902. The van der Waals surface area contributed by atoms with Gasteiger partial charge in [0.05, 0.1) is 11.0 Å². The second-order valence-corrected chi connectivity index (χ2v) is 4.54. The van der Waals surface area contributed by atoms with E-state index in [1.54, 1.807) is 12.5 Å². The van der Waals surface area contributed by atoms with Crippen LogP contribution in [-0.4, -0.2) is 25.8 Å². The van der Waals surface area contributed by atoms with Crippen LogP contribution in [0.3, 0.4) is 0 Å². The maximum atomic E-state index is 5.74. The van der Waals surface area contributed by atoms with Gasteiger partial charge < -0.3 is 5.73 Å². The molecule has 5 nitrogen and oxygen atoms in total. The average Bonchev–Trinajstić information content (AvgIpc) is 2.81. The summed E-state index contributed by atoms with van der Waals surface area (Å²) in [5, 5.41) is 0.741. The topological polar surface area (TPSA) is 69.6 Å². The van der Waals surface area contributed by atoms with Gasteiger partial charge in [0.1, 0.15) is 12.1 Å². The quantitative estimate of drug-likeness (QED) is 0.432. The Kier molecular flexibility index (Phi) is 2.64. The van der Waals surface area contributed by atoms with E-state index in [2.05, 4.69) is 15.0 Å². The Labute approximate surface area is 108 Å². The summed E-state index contributed by atoms with van der Waals surface area (Å²) in [4.78, 5) is 12.9. The smallest absolute Gasteiger partial charge is 0.189 e. The lowest BCUT2D eigenvalue weighted by Gasteiger charge is -2.04. The molecule has 0 saturated heterocycles. The summed E-state index contributed by atoms with van der Waals surface area (Å²) in [6.07, 6.45) is 5.44. The van der Waals surface area contributed by atoms with Crippen LogP contribution in [0.2, 0.25) is 0 Å². The Bertz CT molecular complexity index is 707. The third-order valence-electron chi connectivity index (χ3n) is 2.62. The van der Waals surface area contributed by atoms with Crippen molar-refractivity contribution in [1.29, 1.82) is 0 Å². The van der Waals surface area contributed by atoms with Crippen molar-refractivity contribution in [2.45, 2.75) is 5.16 Å². The summed E-state index contributed by atoms with van der Waals surface area (Å²) in [7, 11) is 0. The molecule has 0 saturated carbocycles. The number of rotatable bonds is 2. The molecule has 0 spiro atoms. The number of hydrogen-bond donors (Lipinski definition) is 1. The molecule has 0 amide bonds. The number of benzene rings is 1. The zero-order valence-corrected chi connectivity index (χ0v) is 10.6. The molecule has 0 aliphatic rings. The van der Waals surface area contributed by atoms with E-state index in [9.17, 15) is 0 Å². The van der Waals surface area contributed by atoms with Gasteiger partial charge in [-0.3, -0.25) is 4.57 Å². The van der Waals surface area contributed by atoms with Crippen LogP contribution in [0.1, 0.15) is 0 Å². The normalized spacial score (nSPS) is 10.9. The number of anilines is 1. The second kappa shape index (κ2) is 4.30. The lowest BCUT2D eigenvalue weighted by Crippen LogP contribution is -1.98. The number of hydrogen-bond acceptors (Lipinski definition) is 5. The first-order valence-corrected chi connectivity index (χ1v) is 6.60. The van der Waals surface area contributed by atoms with E-state index in [0.29, 0.717) is 5.69 Å². The van der Waals surface area contributed by atoms with E-state index >= 15 is 0 Å². The Morgan fingerprint density at radius 2 is 2.11 bits per heavy atom. The number of imidazole rings is 1. The molecule has 2 heterocycles. The van der Waals surface area contributed by atoms with Gasteiger partial charge in [0, 0.05) is 11.9 Å². The van der Waals surface area contributed by atoms with Gasteiger partial charge in [0.15, 0.2) is 5.16 Å². The summed E-state index contributed by atoms with van der Waals surface area (Å²) >= 11 is 1.51. The van der Waals surface area contributed by atoms with Gasteiger partial charge in [-0.05, 0) is 30.5 Å². The zero-order chi connectivity index (χ0) is 12.5. The fourth-order valence-electron chi connectivity index (χ4n) is 1.78. The van der Waals surface area contributed by atoms with E-state index < -0.39 is 0 Å². The van der Waals surface area contributed by atoms with Crippen molar-refractivity contribution in [3.05, 3.63) is 36.8 Å². The molecule has 2 N–H and O–H groups in total. The van der Waals surface area contributed by atoms with Crippen LogP contribution >= 0.6 is 11.8 Å². The van der Waals surface area contributed by atoms with Crippen molar-refractivity contribution in [3.8, 4) is 5.82 Å². The number of fused-ring (bicyclic) bond motifs is 1. The molecule has 0 aliphatic carbocycles. The van der Waals surface area contributed by atoms with Crippen molar-refractivity contribution in [2.75, 3.05) is 12.0 Å². The van der Waals surface area contributed by atoms with Gasteiger partial charge in [-0.25, -0.2) is 15.0 Å². The van der Waals surface area contributed by atoms with Gasteiger partial charge in [-0.2, -0.15) is 0 Å². The summed E-state index contributed by atoms with van der Waals surface area (Å²) in [6, 6.07) is 7.51. The van der Waals surface area contributed by atoms with E-state index in [1.165, 1.54) is 11.8 Å². The van der Waals surface area contributed by atoms with Crippen molar-refractivity contribution in [1.82, 2.24) is 19.5 Å². The summed E-state index contributed by atoms with van der Waals surface area (Å²) in [5.41, 5.74) is 8.29. The summed E-state index contributed by atoms with van der Waals surface area (Å²) in [6.45, 7) is 0. The molecule has 1 aromatic carbocycles. The van der Waals surface area contributed by atoms with Crippen LogP contribution in [0, 0.1) is 0 Å². The Hall–Kier alpha value is -2.08. The minimum atomic E-state index is 0.709. The van der Waals surface area contributed by atoms with Crippen LogP contribution in [0.5, 0.6) is 0 Å². The zero-order valence-electron chi connectivity index (χ0n) is 9.74. The van der Waals surface area contributed by atoms with Gasteiger partial charge in [0.25, 0.3) is 0 Å². The molecule has 0 fully saturated rings.